The van der Waals surface area contributed by atoms with E-state index in [9.17, 15) is 9.18 Å². The number of hydrogen-bond acceptors (Lipinski definition) is 4. The summed E-state index contributed by atoms with van der Waals surface area (Å²) >= 11 is 0. The number of amides is 1. The van der Waals surface area contributed by atoms with Gasteiger partial charge in [-0.3, -0.25) is 9.69 Å². The zero-order valence-corrected chi connectivity index (χ0v) is 19.0. The van der Waals surface area contributed by atoms with Crippen molar-refractivity contribution in [3.05, 3.63) is 59.9 Å². The second kappa shape index (κ2) is 10.6. The Bertz CT molecular complexity index is 888. The van der Waals surface area contributed by atoms with Gasteiger partial charge in [0.05, 0.1) is 5.41 Å². The van der Waals surface area contributed by atoms with E-state index in [1.54, 1.807) is 12.1 Å². The minimum absolute atomic E-state index is 0.141. The van der Waals surface area contributed by atoms with Crippen LogP contribution in [0.5, 0.6) is 0 Å². The molecule has 2 aliphatic rings. The third-order valence-corrected chi connectivity index (χ3v) is 6.89. The molecule has 0 aromatic heterocycles. The topological polar surface area (TPSA) is 44.8 Å². The second-order valence-electron chi connectivity index (χ2n) is 9.18. The highest BCUT2D eigenvalue weighted by Gasteiger charge is 2.40. The van der Waals surface area contributed by atoms with Crippen LogP contribution in [0.2, 0.25) is 0 Å². The van der Waals surface area contributed by atoms with E-state index < -0.39 is 5.41 Å². The number of rotatable bonds is 7. The van der Waals surface area contributed by atoms with Crippen LogP contribution in [0.25, 0.3) is 11.1 Å². The molecule has 4 rings (SSSR count). The SMILES string of the molecule is CN1CCN(CCNC(=O)C2(Cc3cccc(-c4ccc(F)cc4)c3)CCOCC2)CC1. The summed E-state index contributed by atoms with van der Waals surface area (Å²) in [5.41, 5.74) is 2.70. The smallest absolute Gasteiger partial charge is 0.226 e. The monoisotopic (exact) mass is 439 g/mol. The van der Waals surface area contributed by atoms with Crippen LogP contribution in [-0.2, 0) is 16.0 Å². The average molecular weight is 440 g/mol. The van der Waals surface area contributed by atoms with E-state index in [1.807, 2.05) is 12.1 Å². The van der Waals surface area contributed by atoms with Crippen molar-refractivity contribution in [3.8, 4) is 11.1 Å². The summed E-state index contributed by atoms with van der Waals surface area (Å²) in [6.07, 6.45) is 2.15. The summed E-state index contributed by atoms with van der Waals surface area (Å²) in [7, 11) is 2.15. The van der Waals surface area contributed by atoms with Crippen LogP contribution in [-0.4, -0.2) is 75.2 Å². The van der Waals surface area contributed by atoms with Gasteiger partial charge in [0, 0.05) is 52.5 Å². The molecule has 0 radical (unpaired) electrons. The third-order valence-electron chi connectivity index (χ3n) is 6.89. The summed E-state index contributed by atoms with van der Waals surface area (Å²) in [6.45, 7) is 7.09. The van der Waals surface area contributed by atoms with Crippen LogP contribution in [0.1, 0.15) is 18.4 Å². The van der Waals surface area contributed by atoms with Gasteiger partial charge in [-0.2, -0.15) is 0 Å². The number of nitrogens with zero attached hydrogens (tertiary/aromatic N) is 2. The lowest BCUT2D eigenvalue weighted by Gasteiger charge is -2.37. The highest BCUT2D eigenvalue weighted by molar-refractivity contribution is 5.83. The molecule has 2 aliphatic heterocycles. The molecule has 2 saturated heterocycles. The average Bonchev–Trinajstić information content (AvgIpc) is 2.81. The first-order valence-electron chi connectivity index (χ1n) is 11.7. The summed E-state index contributed by atoms with van der Waals surface area (Å²) in [5, 5.41) is 3.23. The number of ether oxygens (including phenoxy) is 1. The zero-order chi connectivity index (χ0) is 22.4. The Morgan fingerprint density at radius 1 is 1.03 bits per heavy atom. The number of halogens is 1. The Hall–Kier alpha value is -2.28. The number of nitrogens with one attached hydrogen (secondary N) is 1. The van der Waals surface area contributed by atoms with Crippen molar-refractivity contribution in [3.63, 3.8) is 0 Å². The summed E-state index contributed by atoms with van der Waals surface area (Å²) < 4.78 is 18.9. The first-order valence-corrected chi connectivity index (χ1v) is 11.7. The molecule has 1 amide bonds. The molecule has 0 atom stereocenters. The van der Waals surface area contributed by atoms with Crippen LogP contribution in [0.4, 0.5) is 4.39 Å². The molecule has 6 heteroatoms. The summed E-state index contributed by atoms with van der Waals surface area (Å²) in [6, 6.07) is 14.8. The zero-order valence-electron chi connectivity index (χ0n) is 19.0. The van der Waals surface area contributed by atoms with Gasteiger partial charge in [0.1, 0.15) is 5.82 Å². The largest absolute Gasteiger partial charge is 0.381 e. The van der Waals surface area contributed by atoms with E-state index in [4.69, 9.17) is 4.74 Å². The lowest BCUT2D eigenvalue weighted by atomic mass is 9.74. The molecule has 2 aromatic rings. The molecule has 0 spiro atoms. The quantitative estimate of drug-likeness (QED) is 0.720. The first-order chi connectivity index (χ1) is 15.5. The van der Waals surface area contributed by atoms with Crippen molar-refractivity contribution in [2.75, 3.05) is 59.5 Å². The molecular weight excluding hydrogens is 405 g/mol. The Morgan fingerprint density at radius 3 is 2.47 bits per heavy atom. The number of piperazine rings is 1. The number of benzene rings is 2. The molecular formula is C26H34FN3O2. The Morgan fingerprint density at radius 2 is 1.75 bits per heavy atom. The fourth-order valence-corrected chi connectivity index (χ4v) is 4.73. The highest BCUT2D eigenvalue weighted by atomic mass is 19.1. The van der Waals surface area contributed by atoms with E-state index in [-0.39, 0.29) is 11.7 Å². The van der Waals surface area contributed by atoms with Crippen molar-refractivity contribution >= 4 is 5.91 Å². The van der Waals surface area contributed by atoms with E-state index in [1.165, 1.54) is 12.1 Å². The molecule has 0 bridgehead atoms. The normalized spacial score (nSPS) is 19.6. The summed E-state index contributed by atoms with van der Waals surface area (Å²) in [4.78, 5) is 18.1. The van der Waals surface area contributed by atoms with Gasteiger partial charge >= 0.3 is 0 Å². The first kappa shape index (κ1) is 22.9. The predicted molar refractivity (Wildman–Crippen MR) is 125 cm³/mol. The molecule has 1 N–H and O–H groups in total. The van der Waals surface area contributed by atoms with Crippen LogP contribution in [0, 0.1) is 11.2 Å². The fourth-order valence-electron chi connectivity index (χ4n) is 4.73. The Labute approximate surface area is 190 Å². The Kier molecular flexibility index (Phi) is 7.55. The molecule has 0 unspecified atom stereocenters. The van der Waals surface area contributed by atoms with Crippen LogP contribution in [0.3, 0.4) is 0 Å². The van der Waals surface area contributed by atoms with Crippen molar-refractivity contribution in [2.45, 2.75) is 19.3 Å². The third kappa shape index (κ3) is 5.74. The van der Waals surface area contributed by atoms with Gasteiger partial charge in [0.25, 0.3) is 0 Å². The number of carbonyl (C=O) groups is 1. The molecule has 5 nitrogen and oxygen atoms in total. The molecule has 0 aliphatic carbocycles. The van der Waals surface area contributed by atoms with Gasteiger partial charge in [-0.25, -0.2) is 4.39 Å². The minimum Gasteiger partial charge on any atom is -0.381 e. The van der Waals surface area contributed by atoms with E-state index in [0.29, 0.717) is 26.2 Å². The maximum atomic E-state index is 13.4. The minimum atomic E-state index is -0.443. The van der Waals surface area contributed by atoms with E-state index in [2.05, 4.69) is 34.3 Å². The van der Waals surface area contributed by atoms with Crippen molar-refractivity contribution in [2.24, 2.45) is 5.41 Å². The van der Waals surface area contributed by atoms with Gasteiger partial charge in [0.15, 0.2) is 0 Å². The molecule has 32 heavy (non-hydrogen) atoms. The highest BCUT2D eigenvalue weighted by Crippen LogP contribution is 2.35. The summed E-state index contributed by atoms with van der Waals surface area (Å²) in [5.74, 6) is -0.0959. The van der Waals surface area contributed by atoms with E-state index in [0.717, 1.165) is 62.3 Å². The standard InChI is InChI=1S/C26H34FN3O2/c1-29-13-15-30(16-14-29)12-11-28-25(31)26(9-17-32-18-10-26)20-21-3-2-4-23(19-21)22-5-7-24(27)8-6-22/h2-8,19H,9-18,20H2,1H3,(H,28,31). The molecule has 2 heterocycles. The number of likely N-dealkylation sites (N-methyl/N-ethyl adjacent to an activating group) is 1. The Balaban J connectivity index is 1.42. The molecule has 2 fully saturated rings. The van der Waals surface area contributed by atoms with Gasteiger partial charge in [0.2, 0.25) is 5.91 Å². The second-order valence-corrected chi connectivity index (χ2v) is 9.18. The molecule has 2 aromatic carbocycles. The van der Waals surface area contributed by atoms with Gasteiger partial charge in [-0.1, -0.05) is 36.4 Å². The fraction of sp³-hybridized carbons (Fsp3) is 0.500. The van der Waals surface area contributed by atoms with Crippen molar-refractivity contribution in [1.82, 2.24) is 15.1 Å². The maximum absolute atomic E-state index is 13.4. The van der Waals surface area contributed by atoms with E-state index >= 15 is 0 Å². The van der Waals surface area contributed by atoms with Crippen LogP contribution in [0.15, 0.2) is 48.5 Å². The lowest BCUT2D eigenvalue weighted by Crippen LogP contribution is -2.50. The van der Waals surface area contributed by atoms with Crippen molar-refractivity contribution < 1.29 is 13.9 Å². The molecule has 0 saturated carbocycles. The van der Waals surface area contributed by atoms with Gasteiger partial charge < -0.3 is 15.0 Å². The predicted octanol–water partition coefficient (Wildman–Crippen LogP) is 3.20. The van der Waals surface area contributed by atoms with Crippen molar-refractivity contribution in [1.29, 1.82) is 0 Å². The number of hydrogen-bond donors (Lipinski definition) is 1. The van der Waals surface area contributed by atoms with Crippen LogP contribution >= 0.6 is 0 Å². The maximum Gasteiger partial charge on any atom is 0.226 e. The molecule has 172 valence electrons. The van der Waals surface area contributed by atoms with Gasteiger partial charge in [-0.05, 0) is 55.1 Å². The van der Waals surface area contributed by atoms with Crippen LogP contribution < -0.4 is 5.32 Å². The number of carbonyl (C=O) groups excluding carboxylic acids is 1. The van der Waals surface area contributed by atoms with Gasteiger partial charge in [-0.15, -0.1) is 0 Å². The lowest BCUT2D eigenvalue weighted by molar-refractivity contribution is -0.136.